The van der Waals surface area contributed by atoms with Crippen molar-refractivity contribution >= 4 is 28.6 Å². The number of nitrogens with zero attached hydrogens (tertiary/aromatic N) is 4. The molecule has 0 spiro atoms. The molecule has 5 nitrogen and oxygen atoms in total. The SMILES string of the molecule is N#Cc1cc(CSc2n[nH]c3nc4ccccc4n23)c(F)cc1F. The highest BCUT2D eigenvalue weighted by atomic mass is 32.2. The smallest absolute Gasteiger partial charge is 0.231 e. The highest BCUT2D eigenvalue weighted by molar-refractivity contribution is 7.98. The molecule has 0 saturated heterocycles. The molecule has 8 heteroatoms. The molecule has 0 aliphatic rings. The molecule has 0 saturated carbocycles. The van der Waals surface area contributed by atoms with Gasteiger partial charge in [0.1, 0.15) is 17.7 Å². The van der Waals surface area contributed by atoms with Crippen LogP contribution >= 0.6 is 11.8 Å². The first-order valence-corrected chi connectivity index (χ1v) is 7.98. The first-order chi connectivity index (χ1) is 11.7. The number of halogens is 2. The van der Waals surface area contributed by atoms with Gasteiger partial charge < -0.3 is 0 Å². The summed E-state index contributed by atoms with van der Waals surface area (Å²) in [5.74, 6) is -0.725. The molecule has 0 radical (unpaired) electrons. The summed E-state index contributed by atoms with van der Waals surface area (Å²) in [4.78, 5) is 4.41. The van der Waals surface area contributed by atoms with Crippen LogP contribution in [0.1, 0.15) is 11.1 Å². The van der Waals surface area contributed by atoms with Crippen LogP contribution in [0.2, 0.25) is 0 Å². The molecule has 1 N–H and O–H groups in total. The van der Waals surface area contributed by atoms with Gasteiger partial charge in [0.2, 0.25) is 5.78 Å². The molecule has 0 bridgehead atoms. The maximum absolute atomic E-state index is 13.9. The molecule has 24 heavy (non-hydrogen) atoms. The largest absolute Gasteiger partial charge is 0.254 e. The maximum Gasteiger partial charge on any atom is 0.231 e. The Labute approximate surface area is 138 Å². The molecule has 4 rings (SSSR count). The van der Waals surface area contributed by atoms with Gasteiger partial charge >= 0.3 is 0 Å². The number of fused-ring (bicyclic) bond motifs is 3. The van der Waals surface area contributed by atoms with Crippen LogP contribution in [0.25, 0.3) is 16.8 Å². The van der Waals surface area contributed by atoms with E-state index < -0.39 is 11.6 Å². The van der Waals surface area contributed by atoms with E-state index in [4.69, 9.17) is 5.26 Å². The fourth-order valence-electron chi connectivity index (χ4n) is 2.47. The van der Waals surface area contributed by atoms with Crippen LogP contribution in [0.4, 0.5) is 8.78 Å². The number of imidazole rings is 1. The first kappa shape index (κ1) is 14.7. The lowest BCUT2D eigenvalue weighted by atomic mass is 10.1. The number of nitriles is 1. The summed E-state index contributed by atoms with van der Waals surface area (Å²) in [6.07, 6.45) is 0. The summed E-state index contributed by atoms with van der Waals surface area (Å²) >= 11 is 1.28. The normalized spacial score (nSPS) is 11.2. The van der Waals surface area contributed by atoms with E-state index in [0.717, 1.165) is 17.1 Å². The second kappa shape index (κ2) is 5.62. The van der Waals surface area contributed by atoms with Gasteiger partial charge in [-0.25, -0.2) is 18.9 Å². The lowest BCUT2D eigenvalue weighted by Gasteiger charge is -2.04. The minimum absolute atomic E-state index is 0.174. The Hall–Kier alpha value is -2.92. The third kappa shape index (κ3) is 2.30. The van der Waals surface area contributed by atoms with Gasteiger partial charge in [-0.05, 0) is 23.8 Å². The predicted octanol–water partition coefficient (Wildman–Crippen LogP) is 3.65. The molecule has 4 aromatic rings. The van der Waals surface area contributed by atoms with Crippen molar-refractivity contribution in [2.24, 2.45) is 0 Å². The average Bonchev–Trinajstić information content (AvgIpc) is 3.13. The molecule has 0 fully saturated rings. The van der Waals surface area contributed by atoms with Gasteiger partial charge in [-0.2, -0.15) is 5.26 Å². The van der Waals surface area contributed by atoms with Crippen molar-refractivity contribution < 1.29 is 8.78 Å². The fraction of sp³-hybridized carbons (Fsp3) is 0.0625. The highest BCUT2D eigenvalue weighted by Gasteiger charge is 2.14. The number of H-pyrrole nitrogens is 1. The topological polar surface area (TPSA) is 69.8 Å². The second-order valence-corrected chi connectivity index (χ2v) is 6.03. The van der Waals surface area contributed by atoms with Gasteiger partial charge in [-0.15, -0.1) is 5.10 Å². The van der Waals surface area contributed by atoms with Crippen LogP contribution in [-0.4, -0.2) is 19.6 Å². The number of thioether (sulfide) groups is 1. The molecule has 0 amide bonds. The number of aromatic nitrogens is 4. The molecular formula is C16H9F2N5S. The van der Waals surface area contributed by atoms with Crippen molar-refractivity contribution in [3.8, 4) is 6.07 Å². The molecule has 2 aromatic heterocycles. The minimum Gasteiger partial charge on any atom is -0.254 e. The lowest BCUT2D eigenvalue weighted by molar-refractivity contribution is 0.574. The average molecular weight is 341 g/mol. The summed E-state index contributed by atoms with van der Waals surface area (Å²) in [5.41, 5.74) is 1.79. The molecule has 2 heterocycles. The van der Waals surface area contributed by atoms with Gasteiger partial charge in [0, 0.05) is 11.8 Å². The molecule has 0 aliphatic carbocycles. The Morgan fingerprint density at radius 3 is 2.88 bits per heavy atom. The van der Waals surface area contributed by atoms with Gasteiger partial charge in [-0.1, -0.05) is 23.9 Å². The van der Waals surface area contributed by atoms with Crippen molar-refractivity contribution in [1.82, 2.24) is 19.6 Å². The van der Waals surface area contributed by atoms with Crippen LogP contribution in [0.5, 0.6) is 0 Å². The van der Waals surface area contributed by atoms with E-state index in [-0.39, 0.29) is 16.9 Å². The summed E-state index contributed by atoms with van der Waals surface area (Å²) in [5, 5.41) is 16.5. The van der Waals surface area contributed by atoms with E-state index in [0.29, 0.717) is 10.9 Å². The summed E-state index contributed by atoms with van der Waals surface area (Å²) < 4.78 is 29.1. The van der Waals surface area contributed by atoms with Gasteiger partial charge in [-0.3, -0.25) is 4.40 Å². The van der Waals surface area contributed by atoms with Crippen molar-refractivity contribution in [1.29, 1.82) is 5.26 Å². The quantitative estimate of drug-likeness (QED) is 0.578. The van der Waals surface area contributed by atoms with E-state index in [9.17, 15) is 8.78 Å². The molecular weight excluding hydrogens is 332 g/mol. The summed E-state index contributed by atoms with van der Waals surface area (Å²) in [6, 6.07) is 11.3. The number of rotatable bonds is 3. The molecule has 0 aliphatic heterocycles. The molecule has 118 valence electrons. The second-order valence-electron chi connectivity index (χ2n) is 5.09. The van der Waals surface area contributed by atoms with Crippen LogP contribution in [-0.2, 0) is 5.75 Å². The molecule has 0 atom stereocenters. The van der Waals surface area contributed by atoms with E-state index in [1.807, 2.05) is 28.7 Å². The summed E-state index contributed by atoms with van der Waals surface area (Å²) in [7, 11) is 0. The Bertz CT molecular complexity index is 1110. The zero-order valence-electron chi connectivity index (χ0n) is 12.1. The predicted molar refractivity (Wildman–Crippen MR) is 85.5 cm³/mol. The van der Waals surface area contributed by atoms with Crippen LogP contribution in [0.15, 0.2) is 41.6 Å². The Morgan fingerprint density at radius 1 is 1.21 bits per heavy atom. The molecule has 0 unspecified atom stereocenters. The van der Waals surface area contributed by atoms with Gasteiger partial charge in [0.15, 0.2) is 5.16 Å². The number of aromatic amines is 1. The minimum atomic E-state index is -0.855. The third-order valence-electron chi connectivity index (χ3n) is 3.62. The Kier molecular flexibility index (Phi) is 3.43. The van der Waals surface area contributed by atoms with E-state index in [1.54, 1.807) is 6.07 Å². The lowest BCUT2D eigenvalue weighted by Crippen LogP contribution is -1.95. The fourth-order valence-corrected chi connectivity index (χ4v) is 3.40. The van der Waals surface area contributed by atoms with Gasteiger partial charge in [0.25, 0.3) is 0 Å². The van der Waals surface area contributed by atoms with Crippen LogP contribution in [0.3, 0.4) is 0 Å². The zero-order chi connectivity index (χ0) is 16.7. The highest BCUT2D eigenvalue weighted by Crippen LogP contribution is 2.27. The van der Waals surface area contributed by atoms with Crippen molar-refractivity contribution in [2.45, 2.75) is 10.9 Å². The van der Waals surface area contributed by atoms with Crippen molar-refractivity contribution in [3.63, 3.8) is 0 Å². The zero-order valence-corrected chi connectivity index (χ0v) is 12.9. The number of nitrogens with one attached hydrogen (secondary N) is 1. The monoisotopic (exact) mass is 341 g/mol. The maximum atomic E-state index is 13.9. The first-order valence-electron chi connectivity index (χ1n) is 7.00. The Balaban J connectivity index is 1.70. The number of benzene rings is 2. The summed E-state index contributed by atoms with van der Waals surface area (Å²) in [6.45, 7) is 0. The number of hydrogen-bond acceptors (Lipinski definition) is 4. The number of hydrogen-bond donors (Lipinski definition) is 1. The van der Waals surface area contributed by atoms with E-state index >= 15 is 0 Å². The van der Waals surface area contributed by atoms with Crippen molar-refractivity contribution in [3.05, 3.63) is 59.2 Å². The number of para-hydroxylation sites is 2. The van der Waals surface area contributed by atoms with Gasteiger partial charge in [0.05, 0.1) is 16.6 Å². The van der Waals surface area contributed by atoms with Crippen LogP contribution < -0.4 is 0 Å². The van der Waals surface area contributed by atoms with Crippen molar-refractivity contribution in [2.75, 3.05) is 0 Å². The standard InChI is InChI=1S/C16H9F2N5S/c17-11-6-12(18)10(5-9(11)7-19)8-24-16-22-21-15-20-13-3-1-2-4-14(13)23(15)16/h1-6H,8H2,(H,20,21). The van der Waals surface area contributed by atoms with E-state index in [1.165, 1.54) is 17.8 Å². The molecule has 2 aromatic carbocycles. The van der Waals surface area contributed by atoms with Crippen LogP contribution in [0, 0.1) is 23.0 Å². The Morgan fingerprint density at radius 2 is 2.04 bits per heavy atom. The van der Waals surface area contributed by atoms with E-state index in [2.05, 4.69) is 15.2 Å². The third-order valence-corrected chi connectivity index (χ3v) is 4.60.